The van der Waals surface area contributed by atoms with Crippen LogP contribution >= 0.6 is 0 Å². The SMILES string of the molecule is C[Si](C)(C)C#Cc1ccc2cc(O)ccc2c1. The summed E-state index contributed by atoms with van der Waals surface area (Å²) in [5, 5.41) is 11.5. The molecule has 0 bridgehead atoms. The highest BCUT2D eigenvalue weighted by Gasteiger charge is 2.07. The number of hydrogen-bond acceptors (Lipinski definition) is 1. The van der Waals surface area contributed by atoms with Gasteiger partial charge in [-0.1, -0.05) is 37.7 Å². The molecule has 1 N–H and O–H groups in total. The van der Waals surface area contributed by atoms with Crippen LogP contribution in [-0.2, 0) is 0 Å². The standard InChI is InChI=1S/C15H16OSi/c1-17(2,3)9-8-12-4-5-14-11-15(16)7-6-13(14)10-12/h4-7,10-11,16H,1-3H3. The number of rotatable bonds is 0. The summed E-state index contributed by atoms with van der Waals surface area (Å²) in [6, 6.07) is 11.5. The van der Waals surface area contributed by atoms with Crippen molar-refractivity contribution >= 4 is 18.8 Å². The topological polar surface area (TPSA) is 20.2 Å². The third-order valence-corrected chi connectivity index (χ3v) is 3.28. The Morgan fingerprint density at radius 3 is 2.29 bits per heavy atom. The van der Waals surface area contributed by atoms with Crippen LogP contribution in [0.4, 0.5) is 0 Å². The molecule has 0 aromatic heterocycles. The maximum atomic E-state index is 9.39. The van der Waals surface area contributed by atoms with E-state index in [2.05, 4.69) is 37.2 Å². The van der Waals surface area contributed by atoms with Gasteiger partial charge in [0.2, 0.25) is 0 Å². The molecular weight excluding hydrogens is 224 g/mol. The molecule has 0 radical (unpaired) electrons. The Morgan fingerprint density at radius 2 is 1.59 bits per heavy atom. The summed E-state index contributed by atoms with van der Waals surface area (Å²) >= 11 is 0. The van der Waals surface area contributed by atoms with Crippen molar-refractivity contribution in [3.63, 3.8) is 0 Å². The monoisotopic (exact) mass is 240 g/mol. The van der Waals surface area contributed by atoms with Gasteiger partial charge in [0.1, 0.15) is 13.8 Å². The normalized spacial score (nSPS) is 11.0. The zero-order chi connectivity index (χ0) is 12.5. The quantitative estimate of drug-likeness (QED) is 0.549. The number of aromatic hydroxyl groups is 1. The van der Waals surface area contributed by atoms with E-state index in [1.54, 1.807) is 12.1 Å². The molecule has 0 aliphatic carbocycles. The molecule has 0 spiro atoms. The van der Waals surface area contributed by atoms with Crippen LogP contribution in [0.5, 0.6) is 5.75 Å². The fraction of sp³-hybridized carbons (Fsp3) is 0.200. The second-order valence-electron chi connectivity index (χ2n) is 5.25. The summed E-state index contributed by atoms with van der Waals surface area (Å²) < 4.78 is 0. The van der Waals surface area contributed by atoms with Crippen LogP contribution < -0.4 is 0 Å². The molecule has 0 heterocycles. The van der Waals surface area contributed by atoms with Crippen LogP contribution in [-0.4, -0.2) is 13.2 Å². The van der Waals surface area contributed by atoms with Gasteiger partial charge in [0.15, 0.2) is 0 Å². The van der Waals surface area contributed by atoms with Crippen LogP contribution in [0.1, 0.15) is 5.56 Å². The molecule has 86 valence electrons. The number of hydrogen-bond donors (Lipinski definition) is 1. The van der Waals surface area contributed by atoms with Gasteiger partial charge in [-0.3, -0.25) is 0 Å². The van der Waals surface area contributed by atoms with Gasteiger partial charge in [-0.25, -0.2) is 0 Å². The van der Waals surface area contributed by atoms with E-state index in [-0.39, 0.29) is 0 Å². The molecule has 2 aromatic carbocycles. The fourth-order valence-electron chi connectivity index (χ4n) is 1.57. The minimum Gasteiger partial charge on any atom is -0.508 e. The highest BCUT2D eigenvalue weighted by atomic mass is 28.3. The van der Waals surface area contributed by atoms with Gasteiger partial charge in [0.25, 0.3) is 0 Å². The van der Waals surface area contributed by atoms with Crippen molar-refractivity contribution < 1.29 is 5.11 Å². The molecule has 2 heteroatoms. The second-order valence-corrected chi connectivity index (χ2v) is 10.00. The Morgan fingerprint density at radius 1 is 0.941 bits per heavy atom. The summed E-state index contributed by atoms with van der Waals surface area (Å²) in [6.45, 7) is 6.71. The molecule has 0 saturated heterocycles. The molecule has 2 rings (SSSR count). The van der Waals surface area contributed by atoms with E-state index in [1.807, 2.05) is 18.2 Å². The molecule has 0 amide bonds. The number of benzene rings is 2. The molecule has 0 aliphatic rings. The zero-order valence-corrected chi connectivity index (χ0v) is 11.4. The van der Waals surface area contributed by atoms with Gasteiger partial charge in [-0.2, -0.15) is 0 Å². The average molecular weight is 240 g/mol. The predicted octanol–water partition coefficient (Wildman–Crippen LogP) is 3.77. The molecule has 0 saturated carbocycles. The van der Waals surface area contributed by atoms with Crippen molar-refractivity contribution in [3.8, 4) is 17.2 Å². The van der Waals surface area contributed by atoms with Crippen molar-refractivity contribution in [1.29, 1.82) is 0 Å². The largest absolute Gasteiger partial charge is 0.508 e. The van der Waals surface area contributed by atoms with Crippen LogP contribution in [0.25, 0.3) is 10.8 Å². The van der Waals surface area contributed by atoms with Gasteiger partial charge in [-0.05, 0) is 35.0 Å². The Hall–Kier alpha value is -1.72. The molecule has 0 fully saturated rings. The van der Waals surface area contributed by atoms with Crippen molar-refractivity contribution in [2.24, 2.45) is 0 Å². The molecule has 2 aromatic rings. The van der Waals surface area contributed by atoms with Crippen molar-refractivity contribution in [2.45, 2.75) is 19.6 Å². The Balaban J connectivity index is 2.44. The first-order valence-corrected chi connectivity index (χ1v) is 9.20. The summed E-state index contributed by atoms with van der Waals surface area (Å²) in [5.41, 5.74) is 4.40. The van der Waals surface area contributed by atoms with Gasteiger partial charge in [0.05, 0.1) is 0 Å². The highest BCUT2D eigenvalue weighted by Crippen LogP contribution is 2.20. The molecule has 17 heavy (non-hydrogen) atoms. The predicted molar refractivity (Wildman–Crippen MR) is 75.8 cm³/mol. The van der Waals surface area contributed by atoms with E-state index < -0.39 is 8.07 Å². The van der Waals surface area contributed by atoms with E-state index in [4.69, 9.17) is 0 Å². The van der Waals surface area contributed by atoms with Crippen LogP contribution in [0.3, 0.4) is 0 Å². The van der Waals surface area contributed by atoms with E-state index in [0.717, 1.165) is 16.3 Å². The fourth-order valence-corrected chi connectivity index (χ4v) is 2.09. The van der Waals surface area contributed by atoms with Crippen LogP contribution in [0.2, 0.25) is 19.6 Å². The van der Waals surface area contributed by atoms with E-state index in [0.29, 0.717) is 5.75 Å². The molecular formula is C15H16OSi. The Bertz CT molecular complexity index is 612. The lowest BCUT2D eigenvalue weighted by molar-refractivity contribution is 0.476. The smallest absolute Gasteiger partial charge is 0.129 e. The first-order valence-electron chi connectivity index (χ1n) is 5.70. The third kappa shape index (κ3) is 3.12. The third-order valence-electron chi connectivity index (χ3n) is 2.41. The maximum Gasteiger partial charge on any atom is 0.129 e. The lowest BCUT2D eigenvalue weighted by atomic mass is 10.1. The van der Waals surface area contributed by atoms with E-state index in [9.17, 15) is 5.11 Å². The van der Waals surface area contributed by atoms with Crippen molar-refractivity contribution in [3.05, 3.63) is 42.0 Å². The number of fused-ring (bicyclic) bond motifs is 1. The molecule has 1 nitrogen and oxygen atoms in total. The molecule has 0 atom stereocenters. The summed E-state index contributed by atoms with van der Waals surface area (Å²) in [5.74, 6) is 3.54. The summed E-state index contributed by atoms with van der Waals surface area (Å²) in [4.78, 5) is 0. The minimum absolute atomic E-state index is 0.304. The van der Waals surface area contributed by atoms with E-state index >= 15 is 0 Å². The number of phenols is 1. The second kappa shape index (κ2) is 4.27. The van der Waals surface area contributed by atoms with Crippen molar-refractivity contribution in [1.82, 2.24) is 0 Å². The number of phenolic OH excluding ortho intramolecular Hbond substituents is 1. The molecule has 0 aliphatic heterocycles. The zero-order valence-electron chi connectivity index (χ0n) is 10.4. The van der Waals surface area contributed by atoms with Gasteiger partial charge < -0.3 is 5.11 Å². The summed E-state index contributed by atoms with van der Waals surface area (Å²) in [6.07, 6.45) is 0. The van der Waals surface area contributed by atoms with Crippen molar-refractivity contribution in [2.75, 3.05) is 0 Å². The first kappa shape index (κ1) is 11.8. The maximum absolute atomic E-state index is 9.39. The van der Waals surface area contributed by atoms with Gasteiger partial charge in [0, 0.05) is 5.56 Å². The first-order chi connectivity index (χ1) is 7.94. The average Bonchev–Trinajstić information content (AvgIpc) is 2.25. The van der Waals surface area contributed by atoms with E-state index in [1.165, 1.54) is 0 Å². The Labute approximate surface area is 103 Å². The summed E-state index contributed by atoms with van der Waals surface area (Å²) in [7, 11) is -1.32. The molecule has 0 unspecified atom stereocenters. The lowest BCUT2D eigenvalue weighted by Gasteiger charge is -2.04. The van der Waals surface area contributed by atoms with Crippen LogP contribution in [0.15, 0.2) is 36.4 Å². The van der Waals surface area contributed by atoms with Gasteiger partial charge in [-0.15, -0.1) is 5.54 Å². The Kier molecular flexibility index (Phi) is 2.95. The lowest BCUT2D eigenvalue weighted by Crippen LogP contribution is -2.16. The van der Waals surface area contributed by atoms with Crippen LogP contribution in [0, 0.1) is 11.5 Å². The minimum atomic E-state index is -1.32. The van der Waals surface area contributed by atoms with Gasteiger partial charge >= 0.3 is 0 Å². The highest BCUT2D eigenvalue weighted by molar-refractivity contribution is 6.83.